The van der Waals surface area contributed by atoms with Crippen molar-refractivity contribution in [1.29, 1.82) is 0 Å². The molecule has 1 aliphatic carbocycles. The number of ether oxygens (including phenoxy) is 2. The second kappa shape index (κ2) is 11.2. The van der Waals surface area contributed by atoms with Gasteiger partial charge in [0, 0.05) is 33.4 Å². The number of carbonyl (C=O) groups excluding carboxylic acids is 2. The van der Waals surface area contributed by atoms with Gasteiger partial charge in [-0.25, -0.2) is 0 Å². The van der Waals surface area contributed by atoms with E-state index in [0.29, 0.717) is 18.9 Å². The number of amides is 2. The van der Waals surface area contributed by atoms with Crippen LogP contribution in [0.25, 0.3) is 0 Å². The Kier molecular flexibility index (Phi) is 8.51. The number of methoxy groups -OCH3 is 2. The van der Waals surface area contributed by atoms with E-state index in [-0.39, 0.29) is 48.3 Å². The number of fused-ring (bicyclic) bond motifs is 2. The molecule has 9 nitrogen and oxygen atoms in total. The van der Waals surface area contributed by atoms with Crippen LogP contribution >= 0.6 is 0 Å². The first-order valence-electron chi connectivity index (χ1n) is 13.3. The summed E-state index contributed by atoms with van der Waals surface area (Å²) in [7, 11) is 3.49. The molecule has 0 radical (unpaired) electrons. The number of likely N-dealkylation sites (tertiary alicyclic amines) is 1. The summed E-state index contributed by atoms with van der Waals surface area (Å²) in [6, 6.07) is 0.135. The zero-order chi connectivity index (χ0) is 24.4. The van der Waals surface area contributed by atoms with Crippen molar-refractivity contribution in [2.24, 2.45) is 23.5 Å². The maximum atomic E-state index is 13.4. The molecule has 1 saturated carbocycles. The molecule has 4 aliphatic rings. The Labute approximate surface area is 204 Å². The summed E-state index contributed by atoms with van der Waals surface area (Å²) in [5.41, 5.74) is 6.70. The Balaban J connectivity index is 1.37. The minimum atomic E-state index is -0.410. The fourth-order valence-corrected chi connectivity index (χ4v) is 6.78. The van der Waals surface area contributed by atoms with E-state index in [2.05, 4.69) is 29.4 Å². The lowest BCUT2D eigenvalue weighted by molar-refractivity contribution is -0.164. The number of nitrogens with two attached hydrogens (primary N) is 1. The van der Waals surface area contributed by atoms with Gasteiger partial charge in [-0.2, -0.15) is 0 Å². The highest BCUT2D eigenvalue weighted by atomic mass is 16.5. The molecule has 0 aromatic carbocycles. The number of hydrogen-bond acceptors (Lipinski definition) is 7. The van der Waals surface area contributed by atoms with Gasteiger partial charge in [0.1, 0.15) is 0 Å². The van der Waals surface area contributed by atoms with Crippen molar-refractivity contribution >= 4 is 11.8 Å². The van der Waals surface area contributed by atoms with Gasteiger partial charge in [-0.15, -0.1) is 0 Å². The Morgan fingerprint density at radius 2 is 1.91 bits per heavy atom. The normalized spacial score (nSPS) is 39.0. The van der Waals surface area contributed by atoms with Gasteiger partial charge in [-0.3, -0.25) is 19.8 Å². The summed E-state index contributed by atoms with van der Waals surface area (Å²) in [5.74, 6) is 0.0301. The number of piperidine rings is 2. The summed E-state index contributed by atoms with van der Waals surface area (Å²) in [6.45, 7) is 5.62. The Morgan fingerprint density at radius 3 is 2.62 bits per heavy atom. The molecule has 4 fully saturated rings. The SMILES string of the molecule is COC1CCC(CCNC(=O)C2CC3C(=O)N4CCCCC4NC3N(C(C)C)C2N)CC1OC. The third-order valence-corrected chi connectivity index (χ3v) is 8.66. The van der Waals surface area contributed by atoms with Crippen LogP contribution in [0.3, 0.4) is 0 Å². The highest BCUT2D eigenvalue weighted by Gasteiger charge is 2.52. The first-order chi connectivity index (χ1) is 16.3. The number of hydrogen-bond donors (Lipinski definition) is 3. The molecule has 0 aromatic rings. The van der Waals surface area contributed by atoms with Crippen molar-refractivity contribution in [1.82, 2.24) is 20.4 Å². The third-order valence-electron chi connectivity index (χ3n) is 8.66. The van der Waals surface area contributed by atoms with E-state index in [1.165, 1.54) is 0 Å². The Morgan fingerprint density at radius 1 is 1.15 bits per heavy atom. The van der Waals surface area contributed by atoms with Crippen LogP contribution in [0.5, 0.6) is 0 Å². The predicted octanol–water partition coefficient (Wildman–Crippen LogP) is 1.22. The maximum Gasteiger partial charge on any atom is 0.229 e. The van der Waals surface area contributed by atoms with Crippen LogP contribution in [0.4, 0.5) is 0 Å². The van der Waals surface area contributed by atoms with Gasteiger partial charge in [-0.1, -0.05) is 0 Å². The van der Waals surface area contributed by atoms with E-state index in [1.54, 1.807) is 14.2 Å². The minimum absolute atomic E-state index is 0.0287. The molecule has 9 heteroatoms. The zero-order valence-corrected chi connectivity index (χ0v) is 21.4. The van der Waals surface area contributed by atoms with Crippen molar-refractivity contribution in [2.75, 3.05) is 27.3 Å². The van der Waals surface area contributed by atoms with E-state index in [1.807, 2.05) is 4.90 Å². The predicted molar refractivity (Wildman–Crippen MR) is 129 cm³/mol. The molecule has 0 spiro atoms. The average Bonchev–Trinajstić information content (AvgIpc) is 2.83. The second-order valence-electron chi connectivity index (χ2n) is 10.9. The highest BCUT2D eigenvalue weighted by Crippen LogP contribution is 2.37. The van der Waals surface area contributed by atoms with Gasteiger partial charge < -0.3 is 25.4 Å². The second-order valence-corrected chi connectivity index (χ2v) is 10.9. The van der Waals surface area contributed by atoms with Gasteiger partial charge in [-0.05, 0) is 71.1 Å². The molecule has 8 unspecified atom stereocenters. The first-order valence-corrected chi connectivity index (χ1v) is 13.3. The lowest BCUT2D eigenvalue weighted by Crippen LogP contribution is -2.75. The monoisotopic (exact) mass is 479 g/mol. The van der Waals surface area contributed by atoms with Crippen LogP contribution in [-0.4, -0.2) is 85.7 Å². The van der Waals surface area contributed by atoms with E-state index in [9.17, 15) is 9.59 Å². The van der Waals surface area contributed by atoms with Crippen molar-refractivity contribution in [3.8, 4) is 0 Å². The molecule has 3 heterocycles. The summed E-state index contributed by atoms with van der Waals surface area (Å²) >= 11 is 0. The van der Waals surface area contributed by atoms with Crippen LogP contribution in [0, 0.1) is 17.8 Å². The number of nitrogens with zero attached hydrogens (tertiary/aromatic N) is 2. The molecule has 8 atom stereocenters. The molecule has 2 amide bonds. The topological polar surface area (TPSA) is 109 Å². The fraction of sp³-hybridized carbons (Fsp3) is 0.920. The highest BCUT2D eigenvalue weighted by molar-refractivity contribution is 5.84. The lowest BCUT2D eigenvalue weighted by Gasteiger charge is -2.56. The van der Waals surface area contributed by atoms with Gasteiger partial charge in [0.25, 0.3) is 0 Å². The summed E-state index contributed by atoms with van der Waals surface area (Å²) in [5, 5.41) is 6.86. The van der Waals surface area contributed by atoms with Crippen LogP contribution in [-0.2, 0) is 19.1 Å². The van der Waals surface area contributed by atoms with Crippen LogP contribution in [0.1, 0.15) is 65.2 Å². The quantitative estimate of drug-likeness (QED) is 0.504. The van der Waals surface area contributed by atoms with E-state index in [0.717, 1.165) is 51.5 Å². The molecule has 4 N–H and O–H groups in total. The zero-order valence-electron chi connectivity index (χ0n) is 21.4. The Bertz CT molecular complexity index is 721. The smallest absolute Gasteiger partial charge is 0.229 e. The molecular formula is C25H45N5O4. The molecule has 34 heavy (non-hydrogen) atoms. The van der Waals surface area contributed by atoms with Crippen molar-refractivity contribution < 1.29 is 19.1 Å². The van der Waals surface area contributed by atoms with E-state index >= 15 is 0 Å². The van der Waals surface area contributed by atoms with Crippen LogP contribution < -0.4 is 16.4 Å². The molecule has 0 aromatic heterocycles. The van der Waals surface area contributed by atoms with Crippen LogP contribution in [0.2, 0.25) is 0 Å². The fourth-order valence-electron chi connectivity index (χ4n) is 6.78. The third kappa shape index (κ3) is 5.14. The molecule has 3 aliphatic heterocycles. The number of rotatable bonds is 7. The van der Waals surface area contributed by atoms with Crippen LogP contribution in [0.15, 0.2) is 0 Å². The van der Waals surface area contributed by atoms with Gasteiger partial charge in [0.15, 0.2) is 0 Å². The van der Waals surface area contributed by atoms with Gasteiger partial charge >= 0.3 is 0 Å². The van der Waals surface area contributed by atoms with Crippen molar-refractivity contribution in [2.45, 2.75) is 102 Å². The largest absolute Gasteiger partial charge is 0.379 e. The molecular weight excluding hydrogens is 434 g/mol. The molecule has 3 saturated heterocycles. The maximum absolute atomic E-state index is 13.4. The molecule has 0 bridgehead atoms. The average molecular weight is 480 g/mol. The molecule has 194 valence electrons. The minimum Gasteiger partial charge on any atom is -0.379 e. The lowest BCUT2D eigenvalue weighted by atomic mass is 9.79. The van der Waals surface area contributed by atoms with Gasteiger partial charge in [0.2, 0.25) is 11.8 Å². The Hall–Kier alpha value is -1.26. The standard InChI is InChI=1S/C25H45N5O4/c1-15(2)30-22(26)17(14-18-23(30)28-21-7-5-6-12-29(21)25(18)32)24(31)27-11-10-16-8-9-19(33-3)20(13-16)34-4/h15-23,28H,5-14,26H2,1-4H3,(H,27,31). The van der Waals surface area contributed by atoms with Gasteiger partial charge in [0.05, 0.1) is 42.5 Å². The first kappa shape index (κ1) is 25.8. The summed E-state index contributed by atoms with van der Waals surface area (Å²) < 4.78 is 11.2. The number of nitrogens with one attached hydrogen (secondary N) is 2. The molecule has 4 rings (SSSR count). The van der Waals surface area contributed by atoms with E-state index < -0.39 is 12.1 Å². The van der Waals surface area contributed by atoms with E-state index in [4.69, 9.17) is 15.2 Å². The summed E-state index contributed by atoms with van der Waals surface area (Å²) in [4.78, 5) is 30.9. The van der Waals surface area contributed by atoms with Crippen molar-refractivity contribution in [3.63, 3.8) is 0 Å². The number of carbonyl (C=O) groups is 2. The summed E-state index contributed by atoms with van der Waals surface area (Å²) in [6.07, 6.45) is 7.46. The van der Waals surface area contributed by atoms with Crippen molar-refractivity contribution in [3.05, 3.63) is 0 Å².